The first kappa shape index (κ1) is 17.4. The summed E-state index contributed by atoms with van der Waals surface area (Å²) in [6, 6.07) is 4.42. The van der Waals surface area contributed by atoms with Crippen LogP contribution in [-0.2, 0) is 0 Å². The SMILES string of the molecule is CC(NC(=O)c1ccc(F)c(Br)c1)C1CCCNC1.Cl. The number of hydrogen-bond donors (Lipinski definition) is 2. The molecule has 0 radical (unpaired) electrons. The molecule has 0 bridgehead atoms. The Morgan fingerprint density at radius 1 is 1.55 bits per heavy atom. The van der Waals surface area contributed by atoms with Crippen molar-refractivity contribution in [1.82, 2.24) is 10.6 Å². The number of piperidine rings is 1. The Kier molecular flexibility index (Phi) is 6.92. The highest BCUT2D eigenvalue weighted by molar-refractivity contribution is 9.10. The lowest BCUT2D eigenvalue weighted by molar-refractivity contribution is 0.0922. The normalized spacial score (nSPS) is 19.9. The highest BCUT2D eigenvalue weighted by Gasteiger charge is 2.21. The first-order valence-electron chi connectivity index (χ1n) is 6.54. The lowest BCUT2D eigenvalue weighted by atomic mass is 9.92. The van der Waals surface area contributed by atoms with Gasteiger partial charge in [-0.05, 0) is 72.9 Å². The fourth-order valence-corrected chi connectivity index (χ4v) is 2.73. The number of nitrogens with one attached hydrogen (secondary N) is 2. The molecule has 2 atom stereocenters. The van der Waals surface area contributed by atoms with Gasteiger partial charge in [0.1, 0.15) is 5.82 Å². The Labute approximate surface area is 133 Å². The summed E-state index contributed by atoms with van der Waals surface area (Å²) in [7, 11) is 0. The minimum atomic E-state index is -0.360. The van der Waals surface area contributed by atoms with Crippen LogP contribution in [0.1, 0.15) is 30.1 Å². The van der Waals surface area contributed by atoms with Gasteiger partial charge in [-0.2, -0.15) is 0 Å². The van der Waals surface area contributed by atoms with Gasteiger partial charge >= 0.3 is 0 Å². The van der Waals surface area contributed by atoms with E-state index < -0.39 is 0 Å². The van der Waals surface area contributed by atoms with Gasteiger partial charge in [-0.25, -0.2) is 4.39 Å². The van der Waals surface area contributed by atoms with Crippen LogP contribution < -0.4 is 10.6 Å². The maximum absolute atomic E-state index is 13.1. The predicted molar refractivity (Wildman–Crippen MR) is 83.9 cm³/mol. The number of carbonyl (C=O) groups is 1. The van der Waals surface area contributed by atoms with Gasteiger partial charge in [-0.3, -0.25) is 4.79 Å². The zero-order valence-electron chi connectivity index (χ0n) is 11.3. The van der Waals surface area contributed by atoms with Crippen molar-refractivity contribution in [1.29, 1.82) is 0 Å². The predicted octanol–water partition coefficient (Wildman–Crippen LogP) is 3.13. The van der Waals surface area contributed by atoms with Crippen molar-refractivity contribution in [3.8, 4) is 0 Å². The molecule has 3 nitrogen and oxygen atoms in total. The number of amides is 1. The number of hydrogen-bond acceptors (Lipinski definition) is 2. The van der Waals surface area contributed by atoms with Crippen LogP contribution in [0, 0.1) is 11.7 Å². The van der Waals surface area contributed by atoms with E-state index in [2.05, 4.69) is 26.6 Å². The Morgan fingerprint density at radius 3 is 2.90 bits per heavy atom. The summed E-state index contributed by atoms with van der Waals surface area (Å²) in [6.45, 7) is 4.02. The Bertz CT molecular complexity index is 466. The van der Waals surface area contributed by atoms with Gasteiger partial charge in [0.15, 0.2) is 0 Å². The molecule has 20 heavy (non-hydrogen) atoms. The summed E-state index contributed by atoms with van der Waals surface area (Å²) in [6.07, 6.45) is 2.27. The van der Waals surface area contributed by atoms with Crippen LogP contribution in [0.2, 0.25) is 0 Å². The highest BCUT2D eigenvalue weighted by Crippen LogP contribution is 2.18. The number of benzene rings is 1. The fourth-order valence-electron chi connectivity index (χ4n) is 2.35. The summed E-state index contributed by atoms with van der Waals surface area (Å²) in [5.41, 5.74) is 0.476. The molecule has 1 amide bonds. The molecule has 1 heterocycles. The second-order valence-electron chi connectivity index (χ2n) is 5.00. The molecule has 1 aromatic rings. The Morgan fingerprint density at radius 2 is 2.30 bits per heavy atom. The third kappa shape index (κ3) is 4.43. The number of carbonyl (C=O) groups excluding carboxylic acids is 1. The molecule has 1 saturated heterocycles. The summed E-state index contributed by atoms with van der Waals surface area (Å²) >= 11 is 3.09. The molecular formula is C14H19BrClFN2O. The molecule has 112 valence electrons. The van der Waals surface area contributed by atoms with E-state index >= 15 is 0 Å². The number of rotatable bonds is 3. The monoisotopic (exact) mass is 364 g/mol. The average Bonchev–Trinajstić information content (AvgIpc) is 2.42. The van der Waals surface area contributed by atoms with E-state index in [0.29, 0.717) is 16.0 Å². The minimum absolute atomic E-state index is 0. The van der Waals surface area contributed by atoms with Crippen LogP contribution in [-0.4, -0.2) is 25.0 Å². The molecule has 0 saturated carbocycles. The van der Waals surface area contributed by atoms with E-state index in [0.717, 1.165) is 25.9 Å². The van der Waals surface area contributed by atoms with Crippen molar-refractivity contribution in [2.75, 3.05) is 13.1 Å². The molecule has 2 unspecified atom stereocenters. The van der Waals surface area contributed by atoms with Gasteiger partial charge in [-0.1, -0.05) is 0 Å². The standard InChI is InChI=1S/C14H18BrFN2O.ClH/c1-9(11-3-2-6-17-8-11)18-14(19)10-4-5-13(16)12(15)7-10;/h4-5,7,9,11,17H,2-3,6,8H2,1H3,(H,18,19);1H. The lowest BCUT2D eigenvalue weighted by Crippen LogP contribution is -2.44. The number of halogens is 3. The minimum Gasteiger partial charge on any atom is -0.349 e. The molecule has 2 rings (SSSR count). The molecule has 1 aliphatic heterocycles. The van der Waals surface area contributed by atoms with Gasteiger partial charge in [0.05, 0.1) is 4.47 Å². The second-order valence-corrected chi connectivity index (χ2v) is 5.85. The van der Waals surface area contributed by atoms with Crippen molar-refractivity contribution >= 4 is 34.2 Å². The quantitative estimate of drug-likeness (QED) is 0.864. The van der Waals surface area contributed by atoms with E-state index in [4.69, 9.17) is 0 Å². The Balaban J connectivity index is 0.00000200. The molecule has 0 spiro atoms. The summed E-state index contributed by atoms with van der Waals surface area (Å²) < 4.78 is 13.4. The van der Waals surface area contributed by atoms with E-state index in [9.17, 15) is 9.18 Å². The lowest BCUT2D eigenvalue weighted by Gasteiger charge is -2.29. The van der Waals surface area contributed by atoms with Crippen molar-refractivity contribution in [3.05, 3.63) is 34.1 Å². The maximum atomic E-state index is 13.1. The second kappa shape index (κ2) is 7.96. The van der Waals surface area contributed by atoms with Gasteiger partial charge in [0.2, 0.25) is 0 Å². The molecule has 6 heteroatoms. The van der Waals surface area contributed by atoms with Crippen LogP contribution in [0.4, 0.5) is 4.39 Å². The van der Waals surface area contributed by atoms with E-state index in [-0.39, 0.29) is 30.2 Å². The zero-order chi connectivity index (χ0) is 13.8. The first-order chi connectivity index (χ1) is 9.08. The van der Waals surface area contributed by atoms with Gasteiger partial charge in [0.25, 0.3) is 5.91 Å². The van der Waals surface area contributed by atoms with Crippen LogP contribution in [0.3, 0.4) is 0 Å². The van der Waals surface area contributed by atoms with Crippen molar-refractivity contribution in [2.24, 2.45) is 5.92 Å². The molecule has 1 fully saturated rings. The van der Waals surface area contributed by atoms with Crippen molar-refractivity contribution in [2.45, 2.75) is 25.8 Å². The molecule has 2 N–H and O–H groups in total. The molecule has 1 aliphatic rings. The molecule has 1 aromatic carbocycles. The van der Waals surface area contributed by atoms with Gasteiger partial charge in [0, 0.05) is 11.6 Å². The summed E-state index contributed by atoms with van der Waals surface area (Å²) in [4.78, 5) is 12.1. The van der Waals surface area contributed by atoms with E-state index in [1.54, 1.807) is 0 Å². The van der Waals surface area contributed by atoms with E-state index in [1.807, 2.05) is 6.92 Å². The zero-order valence-corrected chi connectivity index (χ0v) is 13.7. The smallest absolute Gasteiger partial charge is 0.251 e. The third-order valence-corrected chi connectivity index (χ3v) is 4.19. The van der Waals surface area contributed by atoms with Crippen molar-refractivity contribution < 1.29 is 9.18 Å². The van der Waals surface area contributed by atoms with E-state index in [1.165, 1.54) is 18.2 Å². The average molecular weight is 366 g/mol. The first-order valence-corrected chi connectivity index (χ1v) is 7.34. The Hall–Kier alpha value is -0.650. The summed E-state index contributed by atoms with van der Waals surface area (Å²) in [5, 5.41) is 6.33. The maximum Gasteiger partial charge on any atom is 0.251 e. The fraction of sp³-hybridized carbons (Fsp3) is 0.500. The summed E-state index contributed by atoms with van der Waals surface area (Å²) in [5.74, 6) is -0.0542. The molecule has 0 aromatic heterocycles. The van der Waals surface area contributed by atoms with Crippen LogP contribution >= 0.6 is 28.3 Å². The molecule has 0 aliphatic carbocycles. The molecular weight excluding hydrogens is 347 g/mol. The van der Waals surface area contributed by atoms with Crippen molar-refractivity contribution in [3.63, 3.8) is 0 Å². The van der Waals surface area contributed by atoms with Crippen LogP contribution in [0.5, 0.6) is 0 Å². The van der Waals surface area contributed by atoms with Crippen LogP contribution in [0.25, 0.3) is 0 Å². The topological polar surface area (TPSA) is 41.1 Å². The largest absolute Gasteiger partial charge is 0.349 e. The van der Waals surface area contributed by atoms with Gasteiger partial charge in [-0.15, -0.1) is 12.4 Å². The van der Waals surface area contributed by atoms with Gasteiger partial charge < -0.3 is 10.6 Å². The van der Waals surface area contributed by atoms with Crippen LogP contribution in [0.15, 0.2) is 22.7 Å². The third-order valence-electron chi connectivity index (χ3n) is 3.58. The highest BCUT2D eigenvalue weighted by atomic mass is 79.9.